The van der Waals surface area contributed by atoms with Crippen LogP contribution < -0.4 is 0 Å². The zero-order valence-corrected chi connectivity index (χ0v) is 13.7. The summed E-state index contributed by atoms with van der Waals surface area (Å²) in [4.78, 5) is 25.1. The highest BCUT2D eigenvalue weighted by Gasteiger charge is 2.22. The van der Waals surface area contributed by atoms with Gasteiger partial charge in [-0.1, -0.05) is 20.8 Å². The van der Waals surface area contributed by atoms with Gasteiger partial charge >= 0.3 is 0 Å². The van der Waals surface area contributed by atoms with Crippen molar-refractivity contribution < 1.29 is 9.59 Å². The standard InChI is InChI=1S/2C7H15NO/c1-7(2,3)6(9)8(4)5;1-6(9)8(5)7(2,3)4/h2*1-5H3. The molecule has 0 radical (unpaired) electrons. The Morgan fingerprint density at radius 1 is 0.833 bits per heavy atom. The van der Waals surface area contributed by atoms with Crippen molar-refractivity contribution in [2.75, 3.05) is 21.1 Å². The fourth-order valence-corrected chi connectivity index (χ4v) is 1.14. The van der Waals surface area contributed by atoms with Crippen LogP contribution in [0.1, 0.15) is 48.5 Å². The topological polar surface area (TPSA) is 40.6 Å². The summed E-state index contributed by atoms with van der Waals surface area (Å²) in [6.07, 6.45) is 0. The number of nitrogens with zero attached hydrogens (tertiary/aromatic N) is 2. The van der Waals surface area contributed by atoms with E-state index in [1.807, 2.05) is 48.6 Å². The lowest BCUT2D eigenvalue weighted by Gasteiger charge is -2.30. The van der Waals surface area contributed by atoms with Crippen LogP contribution in [0.3, 0.4) is 0 Å². The van der Waals surface area contributed by atoms with Crippen LogP contribution in [0.4, 0.5) is 0 Å². The van der Waals surface area contributed by atoms with E-state index in [2.05, 4.69) is 0 Å². The Kier molecular flexibility index (Phi) is 7.24. The third-order valence-electron chi connectivity index (χ3n) is 2.53. The summed E-state index contributed by atoms with van der Waals surface area (Å²) < 4.78 is 0. The van der Waals surface area contributed by atoms with Crippen molar-refractivity contribution in [3.8, 4) is 0 Å². The lowest BCUT2D eigenvalue weighted by atomic mass is 9.95. The quantitative estimate of drug-likeness (QED) is 0.669. The Balaban J connectivity index is 0. The van der Waals surface area contributed by atoms with Gasteiger partial charge in [-0.2, -0.15) is 0 Å². The highest BCUT2D eigenvalue weighted by Crippen LogP contribution is 2.14. The minimum atomic E-state index is -0.233. The van der Waals surface area contributed by atoms with E-state index < -0.39 is 0 Å². The molecular weight excluding hydrogens is 228 g/mol. The van der Waals surface area contributed by atoms with Crippen molar-refractivity contribution in [3.63, 3.8) is 0 Å². The first-order valence-corrected chi connectivity index (χ1v) is 6.17. The van der Waals surface area contributed by atoms with E-state index in [0.29, 0.717) is 0 Å². The van der Waals surface area contributed by atoms with Gasteiger partial charge in [0.2, 0.25) is 11.8 Å². The van der Waals surface area contributed by atoms with Gasteiger partial charge in [-0.15, -0.1) is 0 Å². The molecule has 18 heavy (non-hydrogen) atoms. The van der Waals surface area contributed by atoms with Crippen molar-refractivity contribution >= 4 is 11.8 Å². The van der Waals surface area contributed by atoms with Crippen LogP contribution in [0, 0.1) is 5.41 Å². The van der Waals surface area contributed by atoms with E-state index in [0.717, 1.165) is 0 Å². The molecule has 0 rings (SSSR count). The Morgan fingerprint density at radius 3 is 1.17 bits per heavy atom. The van der Waals surface area contributed by atoms with Crippen LogP contribution in [0.15, 0.2) is 0 Å². The zero-order valence-electron chi connectivity index (χ0n) is 13.7. The number of rotatable bonds is 0. The molecule has 0 saturated carbocycles. The third-order valence-corrected chi connectivity index (χ3v) is 2.53. The maximum absolute atomic E-state index is 11.1. The second kappa shape index (κ2) is 6.76. The predicted molar refractivity (Wildman–Crippen MR) is 76.3 cm³/mol. The van der Waals surface area contributed by atoms with E-state index in [1.54, 1.807) is 30.8 Å². The van der Waals surface area contributed by atoms with Gasteiger partial charge in [0.15, 0.2) is 0 Å². The van der Waals surface area contributed by atoms with Crippen LogP contribution in [0.5, 0.6) is 0 Å². The first-order chi connectivity index (χ1) is 7.71. The first-order valence-electron chi connectivity index (χ1n) is 6.17. The lowest BCUT2D eigenvalue weighted by molar-refractivity contribution is -0.136. The SMILES string of the molecule is CC(=O)N(C)C(C)(C)C.CN(C)C(=O)C(C)(C)C. The molecule has 0 N–H and O–H groups in total. The molecule has 0 spiro atoms. The zero-order chi connectivity index (χ0) is 15.3. The van der Waals surface area contributed by atoms with Crippen LogP contribution in [-0.4, -0.2) is 48.3 Å². The van der Waals surface area contributed by atoms with Crippen molar-refractivity contribution in [3.05, 3.63) is 0 Å². The molecule has 0 saturated heterocycles. The molecule has 0 aliphatic carbocycles. The predicted octanol–water partition coefficient (Wildman–Crippen LogP) is 2.38. The van der Waals surface area contributed by atoms with Gasteiger partial charge in [0.25, 0.3) is 0 Å². The molecule has 0 bridgehead atoms. The summed E-state index contributed by atoms with van der Waals surface area (Å²) in [5.74, 6) is 0.282. The van der Waals surface area contributed by atoms with Crippen LogP contribution in [0.25, 0.3) is 0 Å². The molecule has 0 atom stereocenters. The van der Waals surface area contributed by atoms with E-state index >= 15 is 0 Å². The summed E-state index contributed by atoms with van der Waals surface area (Å²) in [7, 11) is 5.35. The summed E-state index contributed by atoms with van der Waals surface area (Å²) in [6, 6.07) is 0. The molecule has 108 valence electrons. The fourth-order valence-electron chi connectivity index (χ4n) is 1.14. The fraction of sp³-hybridized carbons (Fsp3) is 0.857. The molecule has 0 aliphatic heterocycles. The Bertz CT molecular complexity index is 283. The van der Waals surface area contributed by atoms with Gasteiger partial charge in [-0.25, -0.2) is 0 Å². The highest BCUT2D eigenvalue weighted by molar-refractivity contribution is 5.80. The lowest BCUT2D eigenvalue weighted by Crippen LogP contribution is -2.41. The Morgan fingerprint density at radius 2 is 1.17 bits per heavy atom. The summed E-state index contributed by atoms with van der Waals surface area (Å²) in [6.45, 7) is 13.3. The monoisotopic (exact) mass is 258 g/mol. The second-order valence-electron chi connectivity index (χ2n) is 6.70. The largest absolute Gasteiger partial charge is 0.348 e. The maximum Gasteiger partial charge on any atom is 0.227 e. The average molecular weight is 258 g/mol. The normalized spacial score (nSPS) is 11.2. The van der Waals surface area contributed by atoms with Gasteiger partial charge in [0.05, 0.1) is 0 Å². The molecule has 0 unspecified atom stereocenters. The third kappa shape index (κ3) is 8.09. The molecule has 0 fully saturated rings. The van der Waals surface area contributed by atoms with Crippen molar-refractivity contribution in [2.45, 2.75) is 54.0 Å². The van der Waals surface area contributed by atoms with Gasteiger partial charge in [-0.3, -0.25) is 9.59 Å². The number of hydrogen-bond acceptors (Lipinski definition) is 2. The van der Waals surface area contributed by atoms with E-state index in [4.69, 9.17) is 0 Å². The van der Waals surface area contributed by atoms with Gasteiger partial charge in [0, 0.05) is 39.0 Å². The minimum Gasteiger partial charge on any atom is -0.348 e. The van der Waals surface area contributed by atoms with Gasteiger partial charge in [0.1, 0.15) is 0 Å². The van der Waals surface area contributed by atoms with Crippen molar-refractivity contribution in [2.24, 2.45) is 5.41 Å². The molecule has 0 aliphatic rings. The Labute approximate surface area is 112 Å². The summed E-state index contributed by atoms with van der Waals surface area (Å²) in [5.41, 5.74) is -0.269. The van der Waals surface area contributed by atoms with E-state index in [1.165, 1.54) is 0 Å². The van der Waals surface area contributed by atoms with Crippen molar-refractivity contribution in [1.82, 2.24) is 9.80 Å². The summed E-state index contributed by atoms with van der Waals surface area (Å²) >= 11 is 0. The number of carbonyl (C=O) groups excluding carboxylic acids is 2. The van der Waals surface area contributed by atoms with Crippen LogP contribution in [0.2, 0.25) is 0 Å². The molecule has 0 aromatic rings. The first kappa shape index (κ1) is 19.3. The maximum atomic E-state index is 11.1. The van der Waals surface area contributed by atoms with Crippen LogP contribution >= 0.6 is 0 Å². The highest BCUT2D eigenvalue weighted by atomic mass is 16.2. The molecule has 2 amide bonds. The smallest absolute Gasteiger partial charge is 0.227 e. The van der Waals surface area contributed by atoms with Gasteiger partial charge in [-0.05, 0) is 20.8 Å². The van der Waals surface area contributed by atoms with Crippen LogP contribution in [-0.2, 0) is 9.59 Å². The number of amides is 2. The second-order valence-corrected chi connectivity index (χ2v) is 6.70. The van der Waals surface area contributed by atoms with Crippen molar-refractivity contribution in [1.29, 1.82) is 0 Å². The Hall–Kier alpha value is -1.06. The number of carbonyl (C=O) groups is 2. The molecule has 0 aromatic carbocycles. The molecular formula is C14H30N2O2. The van der Waals surface area contributed by atoms with E-state index in [9.17, 15) is 9.59 Å². The molecule has 4 heteroatoms. The molecule has 0 aromatic heterocycles. The summed E-state index contributed by atoms with van der Waals surface area (Å²) in [5, 5.41) is 0. The molecule has 4 nitrogen and oxygen atoms in total. The average Bonchev–Trinajstić information content (AvgIpc) is 2.13. The minimum absolute atomic E-state index is 0.0359. The van der Waals surface area contributed by atoms with E-state index in [-0.39, 0.29) is 22.8 Å². The molecule has 0 heterocycles. The number of hydrogen-bond donors (Lipinski definition) is 0. The van der Waals surface area contributed by atoms with Gasteiger partial charge < -0.3 is 9.80 Å².